The van der Waals surface area contributed by atoms with Gasteiger partial charge in [0.1, 0.15) is 11.4 Å². The quantitative estimate of drug-likeness (QED) is 0.345. The summed E-state index contributed by atoms with van der Waals surface area (Å²) in [5.41, 5.74) is 1.03. The van der Waals surface area contributed by atoms with Crippen LogP contribution < -0.4 is 0 Å². The molecule has 0 radical (unpaired) electrons. The van der Waals surface area contributed by atoms with E-state index in [-0.39, 0.29) is 17.7 Å². The van der Waals surface area contributed by atoms with Crippen molar-refractivity contribution in [1.29, 1.82) is 0 Å². The van der Waals surface area contributed by atoms with E-state index in [9.17, 15) is 9.18 Å². The number of nitrogens with zero attached hydrogens (tertiary/aromatic N) is 3. The van der Waals surface area contributed by atoms with Crippen molar-refractivity contribution in [2.75, 3.05) is 0 Å². The van der Waals surface area contributed by atoms with Crippen molar-refractivity contribution in [2.45, 2.75) is 58.2 Å². The molecule has 1 fully saturated rings. The van der Waals surface area contributed by atoms with E-state index >= 15 is 8.78 Å². The van der Waals surface area contributed by atoms with Crippen molar-refractivity contribution < 1.29 is 27.6 Å². The highest BCUT2D eigenvalue weighted by Gasteiger charge is 2.33. The molecule has 6 nitrogen and oxygen atoms in total. The Bertz CT molecular complexity index is 1430. The van der Waals surface area contributed by atoms with E-state index in [1.807, 2.05) is 6.07 Å². The molecule has 3 heterocycles. The van der Waals surface area contributed by atoms with Gasteiger partial charge in [-0.05, 0) is 38.8 Å². The monoisotopic (exact) mass is 483 g/mol. The molecule has 0 bridgehead atoms. The van der Waals surface area contributed by atoms with E-state index in [2.05, 4.69) is 10.1 Å². The largest absolute Gasteiger partial charge is 0.478 e. The molecule has 4 aromatic rings. The molecule has 1 saturated carbocycles. The lowest BCUT2D eigenvalue weighted by Gasteiger charge is -2.30. The van der Waals surface area contributed by atoms with Crippen LogP contribution in [0.15, 0.2) is 35.1 Å². The second-order valence-electron chi connectivity index (χ2n) is 9.27. The van der Waals surface area contributed by atoms with Crippen LogP contribution in [0.25, 0.3) is 33.3 Å². The molecule has 1 aliphatic carbocycles. The highest BCUT2D eigenvalue weighted by molar-refractivity contribution is 5.96. The fraction of sp³-hybridized carbons (Fsp3) is 0.346. The number of rotatable bonds is 5. The fourth-order valence-electron chi connectivity index (χ4n) is 5.10. The summed E-state index contributed by atoms with van der Waals surface area (Å²) < 4.78 is 52.2. The lowest BCUT2D eigenvalue weighted by atomic mass is 9.86. The van der Waals surface area contributed by atoms with Crippen molar-refractivity contribution in [3.63, 3.8) is 0 Å². The highest BCUT2D eigenvalue weighted by atomic mass is 19.2. The second kappa shape index (κ2) is 8.55. The molecule has 0 spiro atoms. The third kappa shape index (κ3) is 3.98. The summed E-state index contributed by atoms with van der Waals surface area (Å²) in [6.07, 6.45) is 6.59. The van der Waals surface area contributed by atoms with Crippen LogP contribution in [0.4, 0.5) is 13.2 Å². The number of hydrogen-bond acceptors (Lipinski definition) is 4. The molecule has 0 saturated heterocycles. The number of aromatic nitrogens is 3. The molecule has 3 aromatic heterocycles. The lowest BCUT2D eigenvalue weighted by Crippen LogP contribution is -2.31. The number of carbonyl (C=O) groups is 1. The molecule has 35 heavy (non-hydrogen) atoms. The van der Waals surface area contributed by atoms with Gasteiger partial charge in [0.05, 0.1) is 28.8 Å². The molecular formula is C26H24F3N3O3. The van der Waals surface area contributed by atoms with Crippen LogP contribution in [-0.2, 0) is 6.54 Å². The third-order valence-corrected chi connectivity index (χ3v) is 6.85. The van der Waals surface area contributed by atoms with E-state index < -0.39 is 28.8 Å². The van der Waals surface area contributed by atoms with E-state index in [0.717, 1.165) is 30.9 Å². The standard InChI is InChI=1S/C26H24F3N3O3/c1-14-21(15(2)35-31-14)16-10-20-24(30-11-16)19(12-32(20)13-26(29)8-4-3-5-9-26)17-6-7-18(25(33)34)23(28)22(17)27/h6-7,10-12H,3-5,8-9,13H2,1-2H3,(H,33,34). The van der Waals surface area contributed by atoms with Crippen molar-refractivity contribution >= 4 is 17.0 Å². The number of aromatic carboxylic acids is 1. The molecule has 182 valence electrons. The summed E-state index contributed by atoms with van der Waals surface area (Å²) in [5.74, 6) is -3.69. The van der Waals surface area contributed by atoms with Gasteiger partial charge in [-0.15, -0.1) is 0 Å². The Labute approximate surface area is 199 Å². The minimum atomic E-state index is -1.56. The molecule has 0 aliphatic heterocycles. The zero-order valence-electron chi connectivity index (χ0n) is 19.4. The molecule has 0 amide bonds. The van der Waals surface area contributed by atoms with Crippen LogP contribution in [-0.4, -0.2) is 31.5 Å². The zero-order valence-corrected chi connectivity index (χ0v) is 19.4. The first kappa shape index (κ1) is 23.1. The van der Waals surface area contributed by atoms with Crippen molar-refractivity contribution in [1.82, 2.24) is 14.7 Å². The van der Waals surface area contributed by atoms with Gasteiger partial charge in [-0.2, -0.15) is 0 Å². The normalized spacial score (nSPS) is 15.6. The summed E-state index contributed by atoms with van der Waals surface area (Å²) in [7, 11) is 0. The molecule has 1 aromatic carbocycles. The van der Waals surface area contributed by atoms with Gasteiger partial charge in [0.25, 0.3) is 0 Å². The van der Waals surface area contributed by atoms with Gasteiger partial charge in [0, 0.05) is 34.6 Å². The number of carboxylic acids is 1. The maximum atomic E-state index is 15.7. The first-order valence-electron chi connectivity index (χ1n) is 11.5. The number of hydrogen-bond donors (Lipinski definition) is 1. The van der Waals surface area contributed by atoms with Gasteiger partial charge in [0.15, 0.2) is 11.6 Å². The average Bonchev–Trinajstić information content (AvgIpc) is 3.34. The number of fused-ring (bicyclic) bond motifs is 1. The number of pyridine rings is 1. The van der Waals surface area contributed by atoms with Gasteiger partial charge < -0.3 is 14.2 Å². The Morgan fingerprint density at radius 1 is 1.14 bits per heavy atom. The molecule has 9 heteroatoms. The predicted octanol–water partition coefficient (Wildman–Crippen LogP) is 6.62. The van der Waals surface area contributed by atoms with E-state index in [0.29, 0.717) is 40.9 Å². The van der Waals surface area contributed by atoms with Crippen LogP contribution in [0.2, 0.25) is 0 Å². The second-order valence-corrected chi connectivity index (χ2v) is 9.27. The van der Waals surface area contributed by atoms with Gasteiger partial charge in [-0.25, -0.2) is 18.0 Å². The third-order valence-electron chi connectivity index (χ3n) is 6.85. The number of alkyl halides is 1. The summed E-state index contributed by atoms with van der Waals surface area (Å²) in [6, 6.07) is 4.07. The minimum Gasteiger partial charge on any atom is -0.478 e. The molecule has 5 rings (SSSR count). The first-order valence-corrected chi connectivity index (χ1v) is 11.5. The summed E-state index contributed by atoms with van der Waals surface area (Å²) in [6.45, 7) is 3.64. The van der Waals surface area contributed by atoms with Gasteiger partial charge in [-0.1, -0.05) is 30.5 Å². The fourth-order valence-corrected chi connectivity index (χ4v) is 5.10. The Morgan fingerprint density at radius 2 is 1.89 bits per heavy atom. The summed E-state index contributed by atoms with van der Waals surface area (Å²) in [5, 5.41) is 13.1. The highest BCUT2D eigenvalue weighted by Crippen LogP contribution is 2.39. The Balaban J connectivity index is 1.71. The van der Waals surface area contributed by atoms with Crippen LogP contribution in [0, 0.1) is 25.5 Å². The number of carboxylic acid groups (broad SMARTS) is 1. The Hall–Kier alpha value is -3.62. The smallest absolute Gasteiger partial charge is 0.338 e. The summed E-state index contributed by atoms with van der Waals surface area (Å²) in [4.78, 5) is 15.8. The van der Waals surface area contributed by atoms with E-state index in [1.165, 1.54) is 6.07 Å². The van der Waals surface area contributed by atoms with Crippen LogP contribution >= 0.6 is 0 Å². The predicted molar refractivity (Wildman–Crippen MR) is 124 cm³/mol. The topological polar surface area (TPSA) is 81.2 Å². The van der Waals surface area contributed by atoms with Crippen LogP contribution in [0.1, 0.15) is 53.9 Å². The molecular weight excluding hydrogens is 459 g/mol. The Morgan fingerprint density at radius 3 is 2.54 bits per heavy atom. The van der Waals surface area contributed by atoms with Crippen molar-refractivity contribution in [3.8, 4) is 22.3 Å². The molecule has 1 aliphatic rings. The Kier molecular flexibility index (Phi) is 5.65. The van der Waals surface area contributed by atoms with Crippen LogP contribution in [0.3, 0.4) is 0 Å². The van der Waals surface area contributed by atoms with E-state index in [4.69, 9.17) is 9.63 Å². The lowest BCUT2D eigenvalue weighted by molar-refractivity contribution is 0.0690. The van der Waals surface area contributed by atoms with Crippen molar-refractivity contribution in [3.05, 3.63) is 59.2 Å². The minimum absolute atomic E-state index is 0.0492. The number of halogens is 3. The number of benzene rings is 1. The maximum absolute atomic E-state index is 15.7. The van der Waals surface area contributed by atoms with Gasteiger partial charge in [-0.3, -0.25) is 4.98 Å². The molecule has 0 atom stereocenters. The van der Waals surface area contributed by atoms with E-state index in [1.54, 1.807) is 30.8 Å². The SMILES string of the molecule is Cc1noc(C)c1-c1cnc2c(-c3ccc(C(=O)O)c(F)c3F)cn(CC3(F)CCCCC3)c2c1. The van der Waals surface area contributed by atoms with Crippen molar-refractivity contribution in [2.24, 2.45) is 0 Å². The maximum Gasteiger partial charge on any atom is 0.338 e. The van der Waals surface area contributed by atoms with Gasteiger partial charge >= 0.3 is 5.97 Å². The molecule has 1 N–H and O–H groups in total. The number of aryl methyl sites for hydroxylation is 2. The van der Waals surface area contributed by atoms with Gasteiger partial charge in [0.2, 0.25) is 0 Å². The average molecular weight is 483 g/mol. The summed E-state index contributed by atoms with van der Waals surface area (Å²) >= 11 is 0. The van der Waals surface area contributed by atoms with Crippen LogP contribution in [0.5, 0.6) is 0 Å². The zero-order chi connectivity index (χ0) is 24.9. The molecule has 0 unspecified atom stereocenters. The first-order chi connectivity index (χ1) is 16.7.